The Morgan fingerprint density at radius 1 is 1.03 bits per heavy atom. The van der Waals surface area contributed by atoms with Crippen LogP contribution in [0.2, 0.25) is 0 Å². The van der Waals surface area contributed by atoms with Crippen LogP contribution in [0.15, 0.2) is 82.7 Å². The summed E-state index contributed by atoms with van der Waals surface area (Å²) in [5.41, 5.74) is 1.97. The molecule has 3 heterocycles. The van der Waals surface area contributed by atoms with Gasteiger partial charge in [-0.25, -0.2) is 13.9 Å². The molecule has 5 aromatic rings. The minimum atomic E-state index is -0.609. The highest BCUT2D eigenvalue weighted by molar-refractivity contribution is 7.13. The minimum absolute atomic E-state index is 0.181. The van der Waals surface area contributed by atoms with Crippen LogP contribution in [0.5, 0.6) is 0 Å². The summed E-state index contributed by atoms with van der Waals surface area (Å²) in [5.74, 6) is -0.434. The molecule has 9 heteroatoms. The summed E-state index contributed by atoms with van der Waals surface area (Å²) in [6.45, 7) is -0.184. The predicted octanol–water partition coefficient (Wildman–Crippen LogP) is 5.15. The largest absolute Gasteiger partial charge is 0.452 e. The van der Waals surface area contributed by atoms with Gasteiger partial charge in [0.25, 0.3) is 11.8 Å². The third kappa shape index (κ3) is 4.06. The monoisotopic (exact) mass is 446 g/mol. The summed E-state index contributed by atoms with van der Waals surface area (Å²) in [6.07, 6.45) is 1.58. The van der Waals surface area contributed by atoms with Gasteiger partial charge in [-0.3, -0.25) is 0 Å². The summed E-state index contributed by atoms with van der Waals surface area (Å²) in [6, 6.07) is 18.9. The highest BCUT2D eigenvalue weighted by Crippen LogP contribution is 2.26. The van der Waals surface area contributed by atoms with Crippen molar-refractivity contribution < 1.29 is 18.3 Å². The van der Waals surface area contributed by atoms with Gasteiger partial charge in [-0.15, -0.1) is 21.5 Å². The second kappa shape index (κ2) is 8.56. The van der Waals surface area contributed by atoms with Crippen LogP contribution in [-0.2, 0) is 11.3 Å². The van der Waals surface area contributed by atoms with Crippen LogP contribution in [0.4, 0.5) is 4.39 Å². The maximum atomic E-state index is 13.4. The molecule has 3 aromatic heterocycles. The number of rotatable bonds is 6. The lowest BCUT2D eigenvalue weighted by molar-refractivity contribution is 0.0439. The van der Waals surface area contributed by atoms with Crippen LogP contribution in [0.3, 0.4) is 0 Å². The smallest absolute Gasteiger partial charge is 0.342 e. The third-order valence-electron chi connectivity index (χ3n) is 4.60. The van der Waals surface area contributed by atoms with Crippen LogP contribution in [-0.4, -0.2) is 25.9 Å². The first kappa shape index (κ1) is 19.8. The van der Waals surface area contributed by atoms with Crippen LogP contribution < -0.4 is 0 Å². The molecule has 158 valence electrons. The van der Waals surface area contributed by atoms with Gasteiger partial charge in [-0.05, 0) is 47.8 Å². The highest BCUT2D eigenvalue weighted by Gasteiger charge is 2.21. The average molecular weight is 446 g/mol. The van der Waals surface area contributed by atoms with Gasteiger partial charge in [0, 0.05) is 11.8 Å². The molecule has 0 bridgehead atoms. The first-order valence-corrected chi connectivity index (χ1v) is 10.5. The van der Waals surface area contributed by atoms with E-state index in [-0.39, 0.29) is 23.9 Å². The van der Waals surface area contributed by atoms with Gasteiger partial charge in [-0.2, -0.15) is 5.10 Å². The molecule has 0 radical (unpaired) electrons. The quantitative estimate of drug-likeness (QED) is 0.336. The Hall–Kier alpha value is -4.11. The zero-order valence-corrected chi connectivity index (χ0v) is 17.3. The van der Waals surface area contributed by atoms with Gasteiger partial charge >= 0.3 is 5.97 Å². The molecule has 2 aromatic carbocycles. The lowest BCUT2D eigenvalue weighted by Crippen LogP contribution is -2.06. The highest BCUT2D eigenvalue weighted by atomic mass is 32.1. The molecule has 7 nitrogen and oxygen atoms in total. The number of ether oxygens (including phenoxy) is 1. The van der Waals surface area contributed by atoms with E-state index in [9.17, 15) is 9.18 Å². The predicted molar refractivity (Wildman–Crippen MR) is 116 cm³/mol. The summed E-state index contributed by atoms with van der Waals surface area (Å²) >= 11 is 1.47. The number of para-hydroxylation sites is 1. The van der Waals surface area contributed by atoms with Gasteiger partial charge in [-0.1, -0.05) is 24.3 Å². The van der Waals surface area contributed by atoms with Crippen molar-refractivity contribution in [1.82, 2.24) is 20.0 Å². The number of hydrogen-bond donors (Lipinski definition) is 0. The maximum absolute atomic E-state index is 13.4. The van der Waals surface area contributed by atoms with E-state index >= 15 is 0 Å². The topological polar surface area (TPSA) is 83.0 Å². The molecule has 0 aliphatic carbocycles. The number of halogens is 1. The number of carbonyl (C=O) groups is 1. The summed E-state index contributed by atoms with van der Waals surface area (Å²) < 4.78 is 26.0. The molecule has 0 amide bonds. The number of carbonyl (C=O) groups excluding carboxylic acids is 1. The Bertz CT molecular complexity index is 1350. The van der Waals surface area contributed by atoms with Crippen molar-refractivity contribution in [3.63, 3.8) is 0 Å². The zero-order valence-electron chi connectivity index (χ0n) is 16.5. The number of hydrogen-bond acceptors (Lipinski definition) is 7. The van der Waals surface area contributed by atoms with Crippen molar-refractivity contribution in [2.45, 2.75) is 6.61 Å². The van der Waals surface area contributed by atoms with Crippen LogP contribution >= 0.6 is 11.3 Å². The molecule has 0 fully saturated rings. The first-order valence-electron chi connectivity index (χ1n) is 9.62. The fraction of sp³-hybridized carbons (Fsp3) is 0.0435. The van der Waals surface area contributed by atoms with Gasteiger partial charge in [0.2, 0.25) is 0 Å². The molecular formula is C23H15FN4O3S. The van der Waals surface area contributed by atoms with Crippen LogP contribution in [0.25, 0.3) is 27.7 Å². The van der Waals surface area contributed by atoms with E-state index in [2.05, 4.69) is 15.3 Å². The fourth-order valence-electron chi connectivity index (χ4n) is 3.07. The minimum Gasteiger partial charge on any atom is -0.452 e. The Kier molecular flexibility index (Phi) is 5.30. The van der Waals surface area contributed by atoms with Crippen LogP contribution in [0.1, 0.15) is 16.2 Å². The number of nitrogens with zero attached hydrogens (tertiary/aromatic N) is 4. The van der Waals surface area contributed by atoms with Crippen molar-refractivity contribution in [3.05, 3.63) is 95.6 Å². The number of esters is 1. The molecule has 0 spiro atoms. The van der Waals surface area contributed by atoms with Crippen LogP contribution in [0, 0.1) is 5.82 Å². The van der Waals surface area contributed by atoms with Crippen molar-refractivity contribution >= 4 is 17.3 Å². The molecule has 32 heavy (non-hydrogen) atoms. The van der Waals surface area contributed by atoms with Crippen molar-refractivity contribution in [3.8, 4) is 27.7 Å². The first-order chi connectivity index (χ1) is 15.7. The molecule has 0 saturated carbocycles. The Morgan fingerprint density at radius 3 is 2.59 bits per heavy atom. The SMILES string of the molecule is O=C(OCc1nnc(-c2cccs2)o1)c1cn(-c2ccccc2)nc1-c1ccc(F)cc1. The van der Waals surface area contributed by atoms with E-state index in [1.165, 1.54) is 23.5 Å². The number of aromatic nitrogens is 4. The van der Waals surface area contributed by atoms with E-state index in [0.29, 0.717) is 17.1 Å². The average Bonchev–Trinajstić information content (AvgIpc) is 3.59. The van der Waals surface area contributed by atoms with Gasteiger partial charge in [0.1, 0.15) is 17.1 Å². The molecule has 5 rings (SSSR count). The lowest BCUT2D eigenvalue weighted by atomic mass is 10.1. The van der Waals surface area contributed by atoms with E-state index in [1.807, 2.05) is 47.8 Å². The fourth-order valence-corrected chi connectivity index (χ4v) is 3.72. The normalized spacial score (nSPS) is 10.9. The summed E-state index contributed by atoms with van der Waals surface area (Å²) in [5, 5.41) is 14.3. The second-order valence-corrected chi connectivity index (χ2v) is 7.68. The van der Waals surface area contributed by atoms with Crippen molar-refractivity contribution in [1.29, 1.82) is 0 Å². The van der Waals surface area contributed by atoms with Gasteiger partial charge in [0.15, 0.2) is 6.61 Å². The third-order valence-corrected chi connectivity index (χ3v) is 5.46. The Balaban J connectivity index is 1.41. The molecule has 0 N–H and O–H groups in total. The van der Waals surface area contributed by atoms with Crippen molar-refractivity contribution in [2.24, 2.45) is 0 Å². The van der Waals surface area contributed by atoms with E-state index < -0.39 is 5.97 Å². The molecule has 0 saturated heterocycles. The van der Waals surface area contributed by atoms with E-state index in [4.69, 9.17) is 9.15 Å². The standard InChI is InChI=1S/C23H15FN4O3S/c24-16-10-8-15(9-11-16)21-18(13-28(27-21)17-5-2-1-3-6-17)23(29)30-14-20-25-26-22(31-20)19-7-4-12-32-19/h1-13H,14H2. The molecular weight excluding hydrogens is 431 g/mol. The second-order valence-electron chi connectivity index (χ2n) is 6.73. The number of thiophene rings is 1. The van der Waals surface area contributed by atoms with Crippen molar-refractivity contribution in [2.75, 3.05) is 0 Å². The van der Waals surface area contributed by atoms with Gasteiger partial charge < -0.3 is 9.15 Å². The molecule has 0 atom stereocenters. The number of benzene rings is 2. The summed E-state index contributed by atoms with van der Waals surface area (Å²) in [4.78, 5) is 13.8. The van der Waals surface area contributed by atoms with Gasteiger partial charge in [0.05, 0.1) is 10.6 Å². The summed E-state index contributed by atoms with van der Waals surface area (Å²) in [7, 11) is 0. The molecule has 0 aliphatic rings. The van der Waals surface area contributed by atoms with E-state index in [1.54, 1.807) is 23.0 Å². The zero-order chi connectivity index (χ0) is 21.9. The molecule has 0 aliphatic heterocycles. The Labute approximate surface area is 185 Å². The molecule has 0 unspecified atom stereocenters. The lowest BCUT2D eigenvalue weighted by Gasteiger charge is -2.03. The Morgan fingerprint density at radius 2 is 1.84 bits per heavy atom. The maximum Gasteiger partial charge on any atom is 0.342 e. The van der Waals surface area contributed by atoms with E-state index in [0.717, 1.165) is 10.6 Å².